The molecule has 2 rings (SSSR count). The molecule has 0 aromatic heterocycles. The lowest BCUT2D eigenvalue weighted by atomic mass is 9.97. The lowest BCUT2D eigenvalue weighted by Crippen LogP contribution is -2.27. The lowest BCUT2D eigenvalue weighted by molar-refractivity contribution is -0.122. The zero-order valence-corrected chi connectivity index (χ0v) is 14.7. The summed E-state index contributed by atoms with van der Waals surface area (Å²) in [5, 5.41) is 3.05. The van der Waals surface area contributed by atoms with Crippen LogP contribution in [0.5, 0.6) is 11.5 Å². The molecule has 0 aliphatic heterocycles. The Morgan fingerprint density at radius 2 is 1.62 bits per heavy atom. The standard InChI is InChI=1S/C20H25NO3/c1-14(16-8-6-5-7-9-16)12-20(22)21-15(2)17-10-11-18(23-3)19(13-17)24-4/h5-11,13-15H,12H2,1-4H3,(H,21,22)/t14-,15-/m1/s1. The fourth-order valence-electron chi connectivity index (χ4n) is 2.68. The third-order valence-electron chi connectivity index (χ3n) is 4.15. The number of hydrogen-bond acceptors (Lipinski definition) is 3. The summed E-state index contributed by atoms with van der Waals surface area (Å²) in [5.74, 6) is 1.56. The quantitative estimate of drug-likeness (QED) is 0.834. The molecule has 0 aliphatic rings. The molecular formula is C20H25NO3. The van der Waals surface area contributed by atoms with Crippen LogP contribution < -0.4 is 14.8 Å². The van der Waals surface area contributed by atoms with E-state index in [2.05, 4.69) is 24.4 Å². The first-order valence-corrected chi connectivity index (χ1v) is 8.11. The number of nitrogens with one attached hydrogen (secondary N) is 1. The Labute approximate surface area is 143 Å². The van der Waals surface area contributed by atoms with Crippen LogP contribution in [-0.2, 0) is 4.79 Å². The fraction of sp³-hybridized carbons (Fsp3) is 0.350. The van der Waals surface area contributed by atoms with Crippen LogP contribution in [-0.4, -0.2) is 20.1 Å². The summed E-state index contributed by atoms with van der Waals surface area (Å²) in [6, 6.07) is 15.7. The van der Waals surface area contributed by atoms with Gasteiger partial charge in [-0.05, 0) is 36.1 Å². The first kappa shape index (κ1) is 17.9. The van der Waals surface area contributed by atoms with Crippen molar-refractivity contribution in [2.24, 2.45) is 0 Å². The molecule has 1 N–H and O–H groups in total. The summed E-state index contributed by atoms with van der Waals surface area (Å²) >= 11 is 0. The van der Waals surface area contributed by atoms with Gasteiger partial charge in [0.1, 0.15) is 0 Å². The van der Waals surface area contributed by atoms with Gasteiger partial charge in [-0.3, -0.25) is 4.79 Å². The van der Waals surface area contributed by atoms with Crippen LogP contribution in [0.15, 0.2) is 48.5 Å². The van der Waals surface area contributed by atoms with Gasteiger partial charge in [0.15, 0.2) is 11.5 Å². The van der Waals surface area contributed by atoms with Crippen LogP contribution in [0, 0.1) is 0 Å². The predicted octanol–water partition coefficient (Wildman–Crippen LogP) is 4.07. The maximum absolute atomic E-state index is 12.3. The number of rotatable bonds is 7. The Bertz CT molecular complexity index is 670. The summed E-state index contributed by atoms with van der Waals surface area (Å²) in [6.07, 6.45) is 0.460. The van der Waals surface area contributed by atoms with Crippen molar-refractivity contribution in [2.45, 2.75) is 32.2 Å². The van der Waals surface area contributed by atoms with Crippen molar-refractivity contribution in [3.63, 3.8) is 0 Å². The van der Waals surface area contributed by atoms with Crippen LogP contribution in [0.3, 0.4) is 0 Å². The van der Waals surface area contributed by atoms with Crippen molar-refractivity contribution in [3.05, 3.63) is 59.7 Å². The van der Waals surface area contributed by atoms with Crippen molar-refractivity contribution >= 4 is 5.91 Å². The number of carbonyl (C=O) groups excluding carboxylic acids is 1. The van der Waals surface area contributed by atoms with Gasteiger partial charge < -0.3 is 14.8 Å². The van der Waals surface area contributed by atoms with Gasteiger partial charge in [-0.15, -0.1) is 0 Å². The largest absolute Gasteiger partial charge is 0.493 e. The molecule has 2 aromatic carbocycles. The highest BCUT2D eigenvalue weighted by Gasteiger charge is 2.15. The Morgan fingerprint density at radius 3 is 2.25 bits per heavy atom. The molecule has 0 aliphatic carbocycles. The molecule has 0 unspecified atom stereocenters. The average Bonchev–Trinajstić information content (AvgIpc) is 2.61. The van der Waals surface area contributed by atoms with E-state index in [-0.39, 0.29) is 17.9 Å². The molecule has 2 atom stereocenters. The predicted molar refractivity (Wildman–Crippen MR) is 95.6 cm³/mol. The van der Waals surface area contributed by atoms with Crippen molar-refractivity contribution < 1.29 is 14.3 Å². The van der Waals surface area contributed by atoms with Crippen LogP contribution >= 0.6 is 0 Å². The maximum Gasteiger partial charge on any atom is 0.221 e. The normalized spacial score (nSPS) is 13.0. The van der Waals surface area contributed by atoms with Crippen molar-refractivity contribution in [1.29, 1.82) is 0 Å². The molecule has 4 nitrogen and oxygen atoms in total. The molecule has 0 bridgehead atoms. The van der Waals surface area contributed by atoms with Gasteiger partial charge in [-0.25, -0.2) is 0 Å². The van der Waals surface area contributed by atoms with Gasteiger partial charge in [-0.2, -0.15) is 0 Å². The highest BCUT2D eigenvalue weighted by atomic mass is 16.5. The van der Waals surface area contributed by atoms with E-state index in [1.165, 1.54) is 5.56 Å². The third kappa shape index (κ3) is 4.51. The minimum absolute atomic E-state index is 0.0358. The molecule has 0 fully saturated rings. The zero-order chi connectivity index (χ0) is 17.5. The molecule has 0 heterocycles. The smallest absolute Gasteiger partial charge is 0.221 e. The highest BCUT2D eigenvalue weighted by Crippen LogP contribution is 2.30. The number of carbonyl (C=O) groups is 1. The van der Waals surface area contributed by atoms with E-state index in [4.69, 9.17) is 9.47 Å². The van der Waals surface area contributed by atoms with Crippen LogP contribution in [0.25, 0.3) is 0 Å². The summed E-state index contributed by atoms with van der Waals surface area (Å²) in [7, 11) is 3.21. The minimum Gasteiger partial charge on any atom is -0.493 e. The molecule has 2 aromatic rings. The van der Waals surface area contributed by atoms with E-state index < -0.39 is 0 Å². The van der Waals surface area contributed by atoms with Crippen LogP contribution in [0.1, 0.15) is 43.4 Å². The number of methoxy groups -OCH3 is 2. The van der Waals surface area contributed by atoms with E-state index in [1.54, 1.807) is 14.2 Å². The summed E-state index contributed by atoms with van der Waals surface area (Å²) < 4.78 is 10.6. The van der Waals surface area contributed by atoms with Crippen molar-refractivity contribution in [1.82, 2.24) is 5.32 Å². The highest BCUT2D eigenvalue weighted by molar-refractivity contribution is 5.77. The Morgan fingerprint density at radius 1 is 0.958 bits per heavy atom. The molecule has 24 heavy (non-hydrogen) atoms. The topological polar surface area (TPSA) is 47.6 Å². The minimum atomic E-state index is -0.0970. The van der Waals surface area contributed by atoms with Gasteiger partial charge in [-0.1, -0.05) is 43.3 Å². The monoisotopic (exact) mass is 327 g/mol. The van der Waals surface area contributed by atoms with E-state index in [0.29, 0.717) is 17.9 Å². The molecule has 0 spiro atoms. The van der Waals surface area contributed by atoms with Gasteiger partial charge in [0, 0.05) is 6.42 Å². The van der Waals surface area contributed by atoms with Crippen molar-refractivity contribution in [2.75, 3.05) is 14.2 Å². The average molecular weight is 327 g/mol. The fourth-order valence-corrected chi connectivity index (χ4v) is 2.68. The van der Waals surface area contributed by atoms with E-state index in [1.807, 2.05) is 43.3 Å². The summed E-state index contributed by atoms with van der Waals surface area (Å²) in [6.45, 7) is 4.03. The summed E-state index contributed by atoms with van der Waals surface area (Å²) in [4.78, 5) is 12.3. The SMILES string of the molecule is COc1ccc([C@@H](C)NC(=O)C[C@@H](C)c2ccccc2)cc1OC. The van der Waals surface area contributed by atoms with E-state index in [0.717, 1.165) is 5.56 Å². The van der Waals surface area contributed by atoms with Crippen molar-refractivity contribution in [3.8, 4) is 11.5 Å². The second kappa shape index (κ2) is 8.39. The first-order chi connectivity index (χ1) is 11.5. The Balaban J connectivity index is 1.98. The Hall–Kier alpha value is -2.49. The molecule has 128 valence electrons. The third-order valence-corrected chi connectivity index (χ3v) is 4.15. The molecule has 4 heteroatoms. The van der Waals surface area contributed by atoms with Gasteiger partial charge in [0.25, 0.3) is 0 Å². The number of benzene rings is 2. The van der Waals surface area contributed by atoms with Gasteiger partial charge >= 0.3 is 0 Å². The summed E-state index contributed by atoms with van der Waals surface area (Å²) in [5.41, 5.74) is 2.15. The lowest BCUT2D eigenvalue weighted by Gasteiger charge is -2.18. The van der Waals surface area contributed by atoms with E-state index >= 15 is 0 Å². The molecule has 0 radical (unpaired) electrons. The first-order valence-electron chi connectivity index (χ1n) is 8.11. The number of hydrogen-bond donors (Lipinski definition) is 1. The van der Waals surface area contributed by atoms with Gasteiger partial charge in [0.2, 0.25) is 5.91 Å². The second-order valence-corrected chi connectivity index (χ2v) is 5.92. The molecule has 1 amide bonds. The molecular weight excluding hydrogens is 302 g/mol. The van der Waals surface area contributed by atoms with Gasteiger partial charge in [0.05, 0.1) is 20.3 Å². The van der Waals surface area contributed by atoms with Crippen LogP contribution in [0.2, 0.25) is 0 Å². The van der Waals surface area contributed by atoms with Crippen LogP contribution in [0.4, 0.5) is 0 Å². The Kier molecular flexibility index (Phi) is 6.24. The number of amides is 1. The maximum atomic E-state index is 12.3. The zero-order valence-electron chi connectivity index (χ0n) is 14.7. The molecule has 0 saturated carbocycles. The van der Waals surface area contributed by atoms with E-state index in [9.17, 15) is 4.79 Å². The second-order valence-electron chi connectivity index (χ2n) is 5.92. The molecule has 0 saturated heterocycles. The number of ether oxygens (including phenoxy) is 2.